The molecule has 3 aliphatic carbocycles. The van der Waals surface area contributed by atoms with Gasteiger partial charge in [-0.1, -0.05) is 150 Å². The van der Waals surface area contributed by atoms with Crippen LogP contribution in [0.2, 0.25) is 0 Å². The Kier molecular flexibility index (Phi) is 8.16. The summed E-state index contributed by atoms with van der Waals surface area (Å²) in [5.74, 6) is 0.434. The molecule has 304 valence electrons. The average Bonchev–Trinajstić information content (AvgIpc) is 3.98. The van der Waals surface area contributed by atoms with E-state index < -0.39 is 0 Å². The van der Waals surface area contributed by atoms with Crippen molar-refractivity contribution in [3.05, 3.63) is 210 Å². The molecule has 0 bridgehead atoms. The summed E-state index contributed by atoms with van der Waals surface area (Å²) in [5.41, 5.74) is 22.5. The predicted octanol–water partition coefficient (Wildman–Crippen LogP) is 17.2. The van der Waals surface area contributed by atoms with E-state index in [0.29, 0.717) is 5.92 Å². The molecule has 3 aliphatic rings. The SMILES string of the molecule is C=C/C=C(\C=C/C)c1ccc2c(c1)C(C)(C)c1cc(-c3ccc4oc5cc6oc7ccc(-c8ccc9c(c8)C(C)(C)c8cc(C%10C=CC=CC%10)ccc8-9)cc7c6cc5c4c3)ccc1-2. The van der Waals surface area contributed by atoms with Crippen LogP contribution in [0.3, 0.4) is 0 Å². The van der Waals surface area contributed by atoms with Crippen LogP contribution in [0.5, 0.6) is 0 Å². The number of hydrogen-bond donors (Lipinski definition) is 0. The van der Waals surface area contributed by atoms with Crippen LogP contribution < -0.4 is 0 Å². The van der Waals surface area contributed by atoms with Crippen LogP contribution in [0.4, 0.5) is 0 Å². The Balaban J connectivity index is 0.901. The molecule has 12 rings (SSSR count). The van der Waals surface area contributed by atoms with E-state index in [1.165, 1.54) is 83.5 Å². The predicted molar refractivity (Wildman–Crippen MR) is 266 cm³/mol. The van der Waals surface area contributed by atoms with Crippen LogP contribution in [0.15, 0.2) is 185 Å². The van der Waals surface area contributed by atoms with Gasteiger partial charge in [-0.2, -0.15) is 0 Å². The molecule has 7 aromatic carbocycles. The minimum Gasteiger partial charge on any atom is -0.456 e. The number of furan rings is 2. The zero-order chi connectivity index (χ0) is 42.8. The normalized spacial score (nSPS) is 17.0. The number of benzene rings is 7. The summed E-state index contributed by atoms with van der Waals surface area (Å²) in [7, 11) is 0. The lowest BCUT2D eigenvalue weighted by Gasteiger charge is -2.23. The van der Waals surface area contributed by atoms with Gasteiger partial charge in [-0.05, 0) is 145 Å². The molecule has 0 amide bonds. The van der Waals surface area contributed by atoms with Gasteiger partial charge in [0.2, 0.25) is 0 Å². The molecule has 63 heavy (non-hydrogen) atoms. The third-order valence-electron chi connectivity index (χ3n) is 14.5. The number of hydrogen-bond acceptors (Lipinski definition) is 2. The summed E-state index contributed by atoms with van der Waals surface area (Å²) < 4.78 is 13.0. The summed E-state index contributed by atoms with van der Waals surface area (Å²) in [5, 5.41) is 4.40. The van der Waals surface area contributed by atoms with E-state index in [1.807, 2.05) is 6.08 Å². The van der Waals surface area contributed by atoms with Gasteiger partial charge >= 0.3 is 0 Å². The highest BCUT2D eigenvalue weighted by Crippen LogP contribution is 2.52. The minimum absolute atomic E-state index is 0.103. The fraction of sp³-hybridized carbons (Fsp3) is 0.148. The maximum Gasteiger partial charge on any atom is 0.139 e. The summed E-state index contributed by atoms with van der Waals surface area (Å²) in [6, 6.07) is 45.7. The highest BCUT2D eigenvalue weighted by atomic mass is 16.3. The van der Waals surface area contributed by atoms with E-state index >= 15 is 0 Å². The average molecular weight is 813 g/mol. The maximum absolute atomic E-state index is 6.50. The summed E-state index contributed by atoms with van der Waals surface area (Å²) >= 11 is 0. The minimum atomic E-state index is -0.152. The fourth-order valence-corrected chi connectivity index (χ4v) is 11.1. The molecule has 0 N–H and O–H groups in total. The van der Waals surface area contributed by atoms with Crippen LogP contribution in [0.25, 0.3) is 94.0 Å². The van der Waals surface area contributed by atoms with Crippen LogP contribution >= 0.6 is 0 Å². The topological polar surface area (TPSA) is 26.3 Å². The van der Waals surface area contributed by atoms with Gasteiger partial charge in [0.15, 0.2) is 0 Å². The molecule has 2 heterocycles. The van der Waals surface area contributed by atoms with Gasteiger partial charge in [0, 0.05) is 44.4 Å². The molecule has 0 aliphatic heterocycles. The molecule has 0 fully saturated rings. The van der Waals surface area contributed by atoms with Crippen molar-refractivity contribution in [3.8, 4) is 44.5 Å². The van der Waals surface area contributed by atoms with Gasteiger partial charge in [0.25, 0.3) is 0 Å². The van der Waals surface area contributed by atoms with Gasteiger partial charge in [-0.25, -0.2) is 0 Å². The number of rotatable bonds is 6. The van der Waals surface area contributed by atoms with E-state index in [0.717, 1.165) is 50.3 Å². The summed E-state index contributed by atoms with van der Waals surface area (Å²) in [6.07, 6.45) is 18.2. The van der Waals surface area contributed by atoms with Crippen LogP contribution in [-0.4, -0.2) is 0 Å². The van der Waals surface area contributed by atoms with Crippen molar-refractivity contribution < 1.29 is 8.83 Å². The molecule has 2 aromatic heterocycles. The molecular formula is C61H48O2. The van der Waals surface area contributed by atoms with Crippen molar-refractivity contribution >= 4 is 49.5 Å². The fourth-order valence-electron chi connectivity index (χ4n) is 11.1. The molecule has 0 radical (unpaired) electrons. The first kappa shape index (κ1) is 37.6. The Hall–Kier alpha value is -7.16. The Morgan fingerprint density at radius 1 is 0.540 bits per heavy atom. The maximum atomic E-state index is 6.50. The van der Waals surface area contributed by atoms with Gasteiger partial charge in [0.1, 0.15) is 22.3 Å². The van der Waals surface area contributed by atoms with Crippen LogP contribution in [0.1, 0.15) is 80.3 Å². The molecule has 2 nitrogen and oxygen atoms in total. The number of allylic oxidation sites excluding steroid dienone is 9. The Morgan fingerprint density at radius 2 is 1.05 bits per heavy atom. The summed E-state index contributed by atoms with van der Waals surface area (Å²) in [4.78, 5) is 0. The molecule has 9 aromatic rings. The monoisotopic (exact) mass is 812 g/mol. The highest BCUT2D eigenvalue weighted by molar-refractivity contribution is 6.16. The molecule has 0 spiro atoms. The molecule has 2 heteroatoms. The van der Waals surface area contributed by atoms with Crippen molar-refractivity contribution in [2.24, 2.45) is 0 Å². The smallest absolute Gasteiger partial charge is 0.139 e. The van der Waals surface area contributed by atoms with E-state index in [2.05, 4.69) is 205 Å². The van der Waals surface area contributed by atoms with Crippen molar-refractivity contribution in [2.75, 3.05) is 0 Å². The van der Waals surface area contributed by atoms with Crippen molar-refractivity contribution in [1.29, 1.82) is 0 Å². The van der Waals surface area contributed by atoms with E-state index in [4.69, 9.17) is 8.83 Å². The largest absolute Gasteiger partial charge is 0.456 e. The molecular weight excluding hydrogens is 765 g/mol. The van der Waals surface area contributed by atoms with Gasteiger partial charge in [-0.3, -0.25) is 0 Å². The highest BCUT2D eigenvalue weighted by Gasteiger charge is 2.37. The zero-order valence-electron chi connectivity index (χ0n) is 36.5. The third-order valence-corrected chi connectivity index (χ3v) is 14.5. The van der Waals surface area contributed by atoms with E-state index in [-0.39, 0.29) is 10.8 Å². The van der Waals surface area contributed by atoms with E-state index in [1.54, 1.807) is 0 Å². The third kappa shape index (κ3) is 5.64. The molecule has 0 saturated heterocycles. The first-order chi connectivity index (χ1) is 30.6. The first-order valence-electron chi connectivity index (χ1n) is 22.3. The molecule has 1 unspecified atom stereocenters. The van der Waals surface area contributed by atoms with Gasteiger partial charge in [0.05, 0.1) is 0 Å². The molecule has 0 saturated carbocycles. The van der Waals surface area contributed by atoms with Crippen molar-refractivity contribution in [1.82, 2.24) is 0 Å². The zero-order valence-corrected chi connectivity index (χ0v) is 36.5. The lowest BCUT2D eigenvalue weighted by atomic mass is 9.80. The quantitative estimate of drug-likeness (QED) is 0.156. The van der Waals surface area contributed by atoms with Crippen LogP contribution in [0, 0.1) is 0 Å². The second-order valence-corrected chi connectivity index (χ2v) is 18.8. The second-order valence-electron chi connectivity index (χ2n) is 18.8. The number of fused-ring (bicyclic) bond motifs is 12. The lowest BCUT2D eigenvalue weighted by Crippen LogP contribution is -2.15. The van der Waals surface area contributed by atoms with Crippen LogP contribution in [-0.2, 0) is 10.8 Å². The Labute approximate surface area is 368 Å². The Morgan fingerprint density at radius 3 is 1.60 bits per heavy atom. The van der Waals surface area contributed by atoms with Crippen molar-refractivity contribution in [2.45, 2.75) is 57.8 Å². The van der Waals surface area contributed by atoms with Gasteiger partial charge < -0.3 is 8.83 Å². The molecule has 1 atom stereocenters. The first-order valence-corrected chi connectivity index (χ1v) is 22.3. The van der Waals surface area contributed by atoms with Crippen molar-refractivity contribution in [3.63, 3.8) is 0 Å². The lowest BCUT2D eigenvalue weighted by molar-refractivity contribution is 0.656. The second kappa shape index (κ2) is 13.7. The van der Waals surface area contributed by atoms with E-state index in [9.17, 15) is 0 Å². The Bertz CT molecular complexity index is 3570. The summed E-state index contributed by atoms with van der Waals surface area (Å²) in [6.45, 7) is 15.5. The van der Waals surface area contributed by atoms with Gasteiger partial charge in [-0.15, -0.1) is 0 Å². The standard InChI is InChI=1S/C61H48O2/c1-7-12-36(13-8-2)40-16-22-44-46-24-18-42(32-54(46)60(3,4)52(44)30-40)38-20-26-56-48(28-38)50-34-51-49-29-39(21-27-57(49)63-59(51)35-58(50)62-56)43-19-25-47-45-23-17-41(37-14-10-9-11-15-37)31-53(45)61(5,6)55(47)33-43/h7-14,16-35,37H,1,15H2,2-6H3/b13-8-,36-12+.